The molecule has 1 fully saturated rings. The number of ether oxygens (including phenoxy) is 3. The maximum absolute atomic E-state index is 14.3. The van der Waals surface area contributed by atoms with E-state index >= 15 is 0 Å². The zero-order valence-electron chi connectivity index (χ0n) is 16.6. The second-order valence-electron chi connectivity index (χ2n) is 7.78. The smallest absolute Gasteiger partial charge is 0.447 e. The number of alkyl halides is 5. The van der Waals surface area contributed by atoms with Crippen molar-refractivity contribution in [3.63, 3.8) is 0 Å². The SMILES string of the molecule is CCC(C)(C)C(=O)Oc1ccc(C(=O)OC2(C)COC(O)(C(F)(F)F)C2(F)F)cc1. The van der Waals surface area contributed by atoms with Gasteiger partial charge >= 0.3 is 29.8 Å². The third-order valence-electron chi connectivity index (χ3n) is 5.09. The molecule has 0 bridgehead atoms. The Bertz CT molecular complexity index is 820. The lowest BCUT2D eigenvalue weighted by atomic mass is 9.91. The molecule has 6 nitrogen and oxygen atoms in total. The number of benzene rings is 1. The van der Waals surface area contributed by atoms with Gasteiger partial charge < -0.3 is 19.3 Å². The van der Waals surface area contributed by atoms with E-state index in [-0.39, 0.29) is 11.3 Å². The van der Waals surface area contributed by atoms with Gasteiger partial charge in [0.1, 0.15) is 5.75 Å². The number of rotatable bonds is 5. The van der Waals surface area contributed by atoms with Gasteiger partial charge in [0.2, 0.25) is 5.60 Å². The van der Waals surface area contributed by atoms with Crippen molar-refractivity contribution < 1.29 is 50.9 Å². The molecule has 30 heavy (non-hydrogen) atoms. The summed E-state index contributed by atoms with van der Waals surface area (Å²) in [6, 6.07) is 4.60. The lowest BCUT2D eigenvalue weighted by Gasteiger charge is -2.35. The summed E-state index contributed by atoms with van der Waals surface area (Å²) in [6.07, 6.45) is -5.31. The van der Waals surface area contributed by atoms with Gasteiger partial charge in [-0.2, -0.15) is 22.0 Å². The first-order chi connectivity index (χ1) is 13.5. The van der Waals surface area contributed by atoms with Crippen LogP contribution in [0.15, 0.2) is 24.3 Å². The van der Waals surface area contributed by atoms with Crippen LogP contribution in [0.25, 0.3) is 0 Å². The van der Waals surface area contributed by atoms with Gasteiger partial charge in [-0.3, -0.25) is 4.79 Å². The quantitative estimate of drug-likeness (QED) is 0.426. The Hall–Kier alpha value is -2.27. The van der Waals surface area contributed by atoms with Gasteiger partial charge in [-0.05, 0) is 51.5 Å². The molecule has 1 aromatic carbocycles. The molecule has 0 aromatic heterocycles. The highest BCUT2D eigenvalue weighted by molar-refractivity contribution is 5.90. The fraction of sp³-hybridized carbons (Fsp3) is 0.579. The van der Waals surface area contributed by atoms with Crippen molar-refractivity contribution in [1.82, 2.24) is 0 Å². The van der Waals surface area contributed by atoms with Gasteiger partial charge in [-0.1, -0.05) is 6.92 Å². The van der Waals surface area contributed by atoms with Crippen molar-refractivity contribution in [3.8, 4) is 5.75 Å². The molecule has 0 spiro atoms. The predicted molar refractivity (Wildman–Crippen MR) is 91.9 cm³/mol. The summed E-state index contributed by atoms with van der Waals surface area (Å²) in [5.41, 5.74) is -4.12. The van der Waals surface area contributed by atoms with E-state index in [0.29, 0.717) is 13.3 Å². The van der Waals surface area contributed by atoms with Crippen LogP contribution in [0, 0.1) is 5.41 Å². The Morgan fingerprint density at radius 2 is 1.70 bits per heavy atom. The number of hydrogen-bond acceptors (Lipinski definition) is 6. The van der Waals surface area contributed by atoms with Crippen LogP contribution in [-0.2, 0) is 14.3 Å². The maximum atomic E-state index is 14.3. The van der Waals surface area contributed by atoms with Crippen LogP contribution < -0.4 is 4.74 Å². The largest absolute Gasteiger partial charge is 0.449 e. The van der Waals surface area contributed by atoms with Gasteiger partial charge in [-0.15, -0.1) is 0 Å². The van der Waals surface area contributed by atoms with Crippen molar-refractivity contribution in [3.05, 3.63) is 29.8 Å². The van der Waals surface area contributed by atoms with E-state index in [2.05, 4.69) is 9.47 Å². The molecule has 1 aliphatic heterocycles. The second kappa shape index (κ2) is 7.45. The highest BCUT2D eigenvalue weighted by Crippen LogP contribution is 2.54. The highest BCUT2D eigenvalue weighted by atomic mass is 19.4. The van der Waals surface area contributed by atoms with E-state index in [1.165, 1.54) is 12.1 Å². The van der Waals surface area contributed by atoms with Crippen molar-refractivity contribution in [1.29, 1.82) is 0 Å². The van der Waals surface area contributed by atoms with Crippen LogP contribution in [0.5, 0.6) is 5.75 Å². The maximum Gasteiger partial charge on any atom is 0.449 e. The average molecular weight is 440 g/mol. The van der Waals surface area contributed by atoms with E-state index in [1.54, 1.807) is 20.8 Å². The summed E-state index contributed by atoms with van der Waals surface area (Å²) in [4.78, 5) is 24.3. The second-order valence-corrected chi connectivity index (χ2v) is 7.78. The fourth-order valence-electron chi connectivity index (χ4n) is 2.45. The first-order valence-corrected chi connectivity index (χ1v) is 8.87. The lowest BCUT2D eigenvalue weighted by molar-refractivity contribution is -0.409. The summed E-state index contributed by atoms with van der Waals surface area (Å²) in [6.45, 7) is 4.28. The predicted octanol–water partition coefficient (Wildman–Crippen LogP) is 3.86. The number of carbonyl (C=O) groups excluding carboxylic acids is 2. The molecule has 1 saturated heterocycles. The molecule has 0 saturated carbocycles. The lowest BCUT2D eigenvalue weighted by Crippen LogP contribution is -2.63. The molecule has 11 heteroatoms. The average Bonchev–Trinajstić information content (AvgIpc) is 2.82. The van der Waals surface area contributed by atoms with Gasteiger partial charge in [0.05, 0.1) is 17.6 Å². The normalized spacial score (nSPS) is 26.3. The van der Waals surface area contributed by atoms with E-state index in [9.17, 15) is 36.6 Å². The number of halogens is 5. The molecule has 1 aromatic rings. The summed E-state index contributed by atoms with van der Waals surface area (Å²) in [5.74, 6) is -11.6. The topological polar surface area (TPSA) is 82.1 Å². The molecule has 168 valence electrons. The Morgan fingerprint density at radius 1 is 1.17 bits per heavy atom. The molecular weight excluding hydrogens is 419 g/mol. The Balaban J connectivity index is 2.16. The molecule has 1 heterocycles. The minimum absolute atomic E-state index is 0.0743. The molecule has 0 amide bonds. The summed E-state index contributed by atoms with van der Waals surface area (Å²) in [5, 5.41) is 9.34. The van der Waals surface area contributed by atoms with Crippen molar-refractivity contribution in [2.45, 2.75) is 57.6 Å². The van der Waals surface area contributed by atoms with E-state index in [0.717, 1.165) is 12.1 Å². The third-order valence-corrected chi connectivity index (χ3v) is 5.09. The van der Waals surface area contributed by atoms with Crippen molar-refractivity contribution in [2.24, 2.45) is 5.41 Å². The number of aliphatic hydroxyl groups is 1. The number of esters is 2. The minimum Gasteiger partial charge on any atom is -0.447 e. The monoisotopic (exact) mass is 440 g/mol. The zero-order valence-corrected chi connectivity index (χ0v) is 16.6. The third kappa shape index (κ3) is 3.87. The molecule has 0 aliphatic carbocycles. The van der Waals surface area contributed by atoms with Crippen molar-refractivity contribution in [2.75, 3.05) is 6.61 Å². The molecule has 1 aliphatic rings. The first kappa shape index (κ1) is 24.0. The number of carbonyl (C=O) groups is 2. The standard InChI is InChI=1S/C19H21F5O6/c1-5-15(2,3)14(26)29-12-8-6-11(7-9-12)13(25)30-16(4)10-28-18(27,17(16,20)21)19(22,23)24/h6-9,27H,5,10H2,1-4H3. The highest BCUT2D eigenvalue weighted by Gasteiger charge is 2.82. The molecule has 2 unspecified atom stereocenters. The van der Waals surface area contributed by atoms with Gasteiger partial charge in [0.25, 0.3) is 0 Å². The molecule has 2 rings (SSSR count). The fourth-order valence-corrected chi connectivity index (χ4v) is 2.45. The van der Waals surface area contributed by atoms with Gasteiger partial charge in [-0.25, -0.2) is 4.79 Å². The van der Waals surface area contributed by atoms with Crippen molar-refractivity contribution >= 4 is 11.9 Å². The van der Waals surface area contributed by atoms with Gasteiger partial charge in [0, 0.05) is 0 Å². The van der Waals surface area contributed by atoms with Crippen LogP contribution in [0.2, 0.25) is 0 Å². The minimum atomic E-state index is -5.82. The van der Waals surface area contributed by atoms with E-state index in [1.807, 2.05) is 0 Å². The van der Waals surface area contributed by atoms with Gasteiger partial charge in [0.15, 0.2) is 0 Å². The Labute approximate surface area is 168 Å². The summed E-state index contributed by atoms with van der Waals surface area (Å²) >= 11 is 0. The molecule has 1 N–H and O–H groups in total. The van der Waals surface area contributed by atoms with Crippen LogP contribution >= 0.6 is 0 Å². The number of hydrogen-bond donors (Lipinski definition) is 1. The molecule has 0 radical (unpaired) electrons. The molecular formula is C19H21F5O6. The first-order valence-electron chi connectivity index (χ1n) is 8.87. The van der Waals surface area contributed by atoms with E-state index in [4.69, 9.17) is 4.74 Å². The van der Waals surface area contributed by atoms with Crippen LogP contribution in [0.1, 0.15) is 44.5 Å². The zero-order chi connectivity index (χ0) is 23.2. The Kier molecular flexibility index (Phi) is 5.96. The summed E-state index contributed by atoms with van der Waals surface area (Å²) in [7, 11) is 0. The summed E-state index contributed by atoms with van der Waals surface area (Å²) < 4.78 is 81.0. The van der Waals surface area contributed by atoms with Crippen LogP contribution in [0.4, 0.5) is 22.0 Å². The van der Waals surface area contributed by atoms with Crippen LogP contribution in [0.3, 0.4) is 0 Å². The Morgan fingerprint density at radius 3 is 2.13 bits per heavy atom. The molecule has 2 atom stereocenters. The van der Waals surface area contributed by atoms with E-state index < -0.39 is 47.4 Å². The van der Waals surface area contributed by atoms with Crippen LogP contribution in [-0.4, -0.2) is 47.1 Å².